The van der Waals surface area contributed by atoms with E-state index >= 15 is 0 Å². The van der Waals surface area contributed by atoms with Gasteiger partial charge in [-0.1, -0.05) is 40.8 Å². The lowest BCUT2D eigenvalue weighted by molar-refractivity contribution is -0.754. The van der Waals surface area contributed by atoms with Crippen molar-refractivity contribution in [2.45, 2.75) is 17.3 Å². The summed E-state index contributed by atoms with van der Waals surface area (Å²) in [6.45, 7) is 4.44. The maximum atomic E-state index is 4.90. The van der Waals surface area contributed by atoms with Gasteiger partial charge < -0.3 is 10.1 Å². The lowest BCUT2D eigenvalue weighted by atomic mass is 9.93. The summed E-state index contributed by atoms with van der Waals surface area (Å²) < 4.78 is 0.290. The average molecular weight is 503 g/mol. The molecular formula is C21H22IN5S. The summed E-state index contributed by atoms with van der Waals surface area (Å²) in [6, 6.07) is 16.6. The van der Waals surface area contributed by atoms with E-state index in [0.717, 1.165) is 27.7 Å². The number of anilines is 1. The molecule has 1 aliphatic heterocycles. The Kier molecular flexibility index (Phi) is 5.03. The minimum Gasteiger partial charge on any atom is -0.329 e. The van der Waals surface area contributed by atoms with Crippen molar-refractivity contribution < 1.29 is 4.59 Å². The quantitative estimate of drug-likeness (QED) is 0.251. The first kappa shape index (κ1) is 19.5. The van der Waals surface area contributed by atoms with Crippen molar-refractivity contribution in [3.05, 3.63) is 76.8 Å². The Hall–Kier alpha value is -1.81. The van der Waals surface area contributed by atoms with Gasteiger partial charge in [-0.15, -0.1) is 16.4 Å². The fraction of sp³-hybridized carbons (Fsp3) is 0.238. The number of hydrogen-bond acceptors (Lipinski definition) is 4. The number of amidine groups is 1. The molecule has 0 fully saturated rings. The summed E-state index contributed by atoms with van der Waals surface area (Å²) in [5, 5.41) is 9.70. The molecule has 0 aliphatic carbocycles. The van der Waals surface area contributed by atoms with Crippen LogP contribution in [0.25, 0.3) is 16.8 Å². The van der Waals surface area contributed by atoms with E-state index in [1.807, 2.05) is 41.9 Å². The minimum atomic E-state index is -0.0470. The van der Waals surface area contributed by atoms with Crippen molar-refractivity contribution >= 4 is 44.8 Å². The molecule has 0 bridgehead atoms. The molecule has 0 saturated carbocycles. The van der Waals surface area contributed by atoms with E-state index < -0.39 is 0 Å². The van der Waals surface area contributed by atoms with Gasteiger partial charge in [0.2, 0.25) is 5.84 Å². The van der Waals surface area contributed by atoms with Gasteiger partial charge in [0.25, 0.3) is 0 Å². The van der Waals surface area contributed by atoms with E-state index in [9.17, 15) is 0 Å². The van der Waals surface area contributed by atoms with Gasteiger partial charge in [0, 0.05) is 15.2 Å². The standard InChI is InChI=1S/C21H22IN5S/c1-21(2,22)17-11-10-15(18-8-5-6-12-23-18)14-16(17)20-24-26(25-27(20,3)4)19-9-7-13-28-19/h5-14H,1-4H3. The third-order valence-electron chi connectivity index (χ3n) is 4.58. The van der Waals surface area contributed by atoms with Crippen molar-refractivity contribution in [3.63, 3.8) is 0 Å². The monoisotopic (exact) mass is 503 g/mol. The number of benzene rings is 1. The maximum absolute atomic E-state index is 4.90. The van der Waals surface area contributed by atoms with Gasteiger partial charge in [0.15, 0.2) is 0 Å². The van der Waals surface area contributed by atoms with Crippen LogP contribution in [-0.2, 0) is 3.42 Å². The van der Waals surface area contributed by atoms with Crippen molar-refractivity contribution in [1.82, 2.24) is 4.98 Å². The van der Waals surface area contributed by atoms with Gasteiger partial charge in [0.1, 0.15) is 0 Å². The Balaban J connectivity index is 1.88. The molecule has 1 aliphatic rings. The zero-order valence-corrected chi connectivity index (χ0v) is 19.3. The first-order valence-corrected chi connectivity index (χ1v) is 11.0. The summed E-state index contributed by atoms with van der Waals surface area (Å²) >= 11 is 4.12. The van der Waals surface area contributed by atoms with E-state index in [-0.39, 0.29) is 3.42 Å². The predicted octanol–water partition coefficient (Wildman–Crippen LogP) is 5.94. The highest BCUT2D eigenvalue weighted by Crippen LogP contribution is 2.39. The van der Waals surface area contributed by atoms with Crippen LogP contribution in [0.3, 0.4) is 0 Å². The highest BCUT2D eigenvalue weighted by molar-refractivity contribution is 14.1. The summed E-state index contributed by atoms with van der Waals surface area (Å²) in [5.41, 5.74) is 9.19. The average Bonchev–Trinajstić information content (AvgIpc) is 3.28. The molecule has 5 nitrogen and oxygen atoms in total. The van der Waals surface area contributed by atoms with E-state index in [1.54, 1.807) is 16.5 Å². The molecule has 2 aromatic heterocycles. The van der Waals surface area contributed by atoms with Crippen LogP contribution in [0.4, 0.5) is 5.00 Å². The summed E-state index contributed by atoms with van der Waals surface area (Å²) in [7, 11) is 4.12. The molecule has 0 unspecified atom stereocenters. The number of hydrogen-bond donors (Lipinski definition) is 0. The topological polar surface area (TPSA) is 42.6 Å². The van der Waals surface area contributed by atoms with E-state index in [4.69, 9.17) is 10.6 Å². The van der Waals surface area contributed by atoms with Crippen LogP contribution < -0.4 is 5.12 Å². The van der Waals surface area contributed by atoms with Crippen molar-refractivity contribution in [2.75, 3.05) is 19.2 Å². The number of quaternary nitrogens is 1. The van der Waals surface area contributed by atoms with Crippen molar-refractivity contribution in [2.24, 2.45) is 5.10 Å². The molecule has 28 heavy (non-hydrogen) atoms. The summed E-state index contributed by atoms with van der Waals surface area (Å²) in [6.07, 6.45) is 1.83. The summed E-state index contributed by atoms with van der Waals surface area (Å²) in [4.78, 5) is 4.52. The Morgan fingerprint density at radius 3 is 2.57 bits per heavy atom. The lowest BCUT2D eigenvalue weighted by Gasteiger charge is -2.38. The van der Waals surface area contributed by atoms with Crippen LogP contribution in [0.1, 0.15) is 25.0 Å². The third kappa shape index (κ3) is 3.71. The van der Waals surface area contributed by atoms with E-state index in [0.29, 0.717) is 4.59 Å². The molecule has 0 atom stereocenters. The van der Waals surface area contributed by atoms with Gasteiger partial charge in [-0.3, -0.25) is 10.1 Å². The predicted molar refractivity (Wildman–Crippen MR) is 126 cm³/mol. The lowest BCUT2D eigenvalue weighted by Crippen LogP contribution is -2.40. The van der Waals surface area contributed by atoms with Crippen LogP contribution in [0.15, 0.2) is 65.2 Å². The third-order valence-corrected chi connectivity index (χ3v) is 6.00. The Labute approximate surface area is 183 Å². The second kappa shape index (κ2) is 7.22. The number of rotatable bonds is 4. The van der Waals surface area contributed by atoms with Crippen LogP contribution in [0.2, 0.25) is 0 Å². The number of aromatic nitrogens is 1. The molecular weight excluding hydrogens is 481 g/mol. The first-order chi connectivity index (χ1) is 13.3. The van der Waals surface area contributed by atoms with Crippen LogP contribution in [-0.4, -0.2) is 29.5 Å². The van der Waals surface area contributed by atoms with Crippen LogP contribution in [0, 0.1) is 0 Å². The molecule has 1 aromatic carbocycles. The van der Waals surface area contributed by atoms with E-state index in [1.165, 1.54) is 5.56 Å². The largest absolute Gasteiger partial charge is 0.329 e. The Bertz CT molecular complexity index is 1010. The molecule has 0 spiro atoms. The molecule has 0 saturated heterocycles. The highest BCUT2D eigenvalue weighted by atomic mass is 127. The smallest absolute Gasteiger partial charge is 0.242 e. The second-order valence-electron chi connectivity index (χ2n) is 7.60. The molecule has 0 amide bonds. The second-order valence-corrected chi connectivity index (χ2v) is 11.2. The first-order valence-electron chi connectivity index (χ1n) is 9.01. The normalized spacial score (nSPS) is 16.3. The zero-order chi connectivity index (χ0) is 19.9. The fourth-order valence-corrected chi connectivity index (χ4v) is 4.34. The van der Waals surface area contributed by atoms with Crippen molar-refractivity contribution in [3.8, 4) is 11.3 Å². The van der Waals surface area contributed by atoms with Gasteiger partial charge in [-0.05, 0) is 55.1 Å². The number of alkyl halides is 1. The molecule has 3 aromatic rings. The Morgan fingerprint density at radius 2 is 1.93 bits per heavy atom. The molecule has 7 heteroatoms. The van der Waals surface area contributed by atoms with Crippen LogP contribution in [0.5, 0.6) is 0 Å². The maximum Gasteiger partial charge on any atom is 0.242 e. The number of pyridine rings is 1. The number of halogens is 1. The Morgan fingerprint density at radius 1 is 1.11 bits per heavy atom. The molecule has 144 valence electrons. The van der Waals surface area contributed by atoms with Gasteiger partial charge in [-0.2, -0.15) is 0 Å². The SMILES string of the molecule is CC(C)(I)c1ccc(-c2ccccn2)cc1C1=NN(c2cccs2)[N-][N+]1(C)C. The zero-order valence-electron chi connectivity index (χ0n) is 16.3. The summed E-state index contributed by atoms with van der Waals surface area (Å²) in [5.74, 6) is 0.922. The fourth-order valence-electron chi connectivity index (χ4n) is 3.24. The molecule has 3 heterocycles. The highest BCUT2D eigenvalue weighted by Gasteiger charge is 2.33. The van der Waals surface area contributed by atoms with Crippen molar-refractivity contribution in [1.29, 1.82) is 0 Å². The van der Waals surface area contributed by atoms with Crippen LogP contribution >= 0.6 is 33.9 Å². The van der Waals surface area contributed by atoms with Gasteiger partial charge in [-0.25, -0.2) is 0 Å². The minimum absolute atomic E-state index is 0.0470. The molecule has 4 rings (SSSR count). The molecule has 0 N–H and O–H groups in total. The van der Waals surface area contributed by atoms with Gasteiger partial charge in [0.05, 0.1) is 30.4 Å². The number of thiophene rings is 1. The molecule has 0 radical (unpaired) electrons. The number of nitrogens with zero attached hydrogens (tertiary/aromatic N) is 5. The van der Waals surface area contributed by atoms with Gasteiger partial charge >= 0.3 is 0 Å². The number of hydrazone groups is 1. The van der Waals surface area contributed by atoms with E-state index in [2.05, 4.69) is 73.7 Å².